The second-order valence-electron chi connectivity index (χ2n) is 20.6. The zero-order valence-electron chi connectivity index (χ0n) is 47.1. The van der Waals surface area contributed by atoms with Gasteiger partial charge in [-0.15, -0.1) is 0 Å². The number of aliphatic hydroxyl groups excluding tert-OH is 1. The molecule has 1 aliphatic rings. The monoisotopic (exact) mass is 1040 g/mol. The fraction of sp³-hybridized carbons (Fsp3) is 0.500. The summed E-state index contributed by atoms with van der Waals surface area (Å²) >= 11 is 0. The Morgan fingerprint density at radius 2 is 1.07 bits per heavy atom. The van der Waals surface area contributed by atoms with Crippen LogP contribution in [0, 0.1) is 27.7 Å². The molecule has 1 unspecified atom stereocenters. The number of unbranched alkanes of at least 4 members (excludes halogenated alkanes) is 6. The third kappa shape index (κ3) is 21.2. The maximum atomic E-state index is 8.51. The van der Waals surface area contributed by atoms with Crippen LogP contribution in [-0.4, -0.2) is 64.9 Å². The minimum Gasteiger partial charge on any atom is -0.870 e. The van der Waals surface area contributed by atoms with E-state index in [2.05, 4.69) is 177 Å². The minimum atomic E-state index is -0.454. The van der Waals surface area contributed by atoms with E-state index in [9.17, 15) is 0 Å². The second-order valence-corrected chi connectivity index (χ2v) is 20.6. The summed E-state index contributed by atoms with van der Waals surface area (Å²) in [4.78, 5) is 52.1. The van der Waals surface area contributed by atoms with E-state index in [1.165, 1.54) is 96.1 Å². The van der Waals surface area contributed by atoms with E-state index in [-0.39, 0.29) is 80.0 Å². The summed E-state index contributed by atoms with van der Waals surface area (Å²) in [6, 6.07) is 22.0. The number of benzene rings is 2. The van der Waals surface area contributed by atoms with Gasteiger partial charge in [0.05, 0.1) is 17.1 Å². The predicted octanol–water partition coefficient (Wildman–Crippen LogP) is 10.3. The van der Waals surface area contributed by atoms with E-state index in [1.807, 2.05) is 6.20 Å². The molecule has 4 aromatic heterocycles. The molecule has 0 aliphatic carbocycles. The largest absolute Gasteiger partial charge is 1.00 e. The Morgan fingerprint density at radius 1 is 0.635 bits per heavy atom. The van der Waals surface area contributed by atoms with E-state index in [0.29, 0.717) is 0 Å². The number of pyridine rings is 2. The first-order chi connectivity index (χ1) is 34.3. The van der Waals surface area contributed by atoms with E-state index >= 15 is 0 Å². The van der Waals surface area contributed by atoms with E-state index in [0.717, 1.165) is 78.8 Å². The third-order valence-corrected chi connectivity index (χ3v) is 12.4. The average Bonchev–Trinajstić information content (AvgIpc) is 4.12. The molecule has 1 aliphatic heterocycles. The summed E-state index contributed by atoms with van der Waals surface area (Å²) in [5.41, 5.74) is 15.7. The van der Waals surface area contributed by atoms with E-state index in [4.69, 9.17) is 44.0 Å². The first-order valence-corrected chi connectivity index (χ1v) is 25.8. The molecule has 396 valence electrons. The third-order valence-electron chi connectivity index (χ3n) is 12.4. The Morgan fingerprint density at radius 3 is 1.43 bits per heavy atom. The molecule has 7 rings (SSSR count). The summed E-state index contributed by atoms with van der Waals surface area (Å²) < 4.78 is 9.17. The SMILES string of the molecule is CCCCCCc1cc(C)c(-n2cc(CC)nc2-c2cccc(C(C)(C)C)n2)c(C)c1.CCCCCCc1cc(C)c(-n2ccnc2-c2cccc(C(C)(C)C)n2)c(C)c1.O=C=O.O=C=O.OC1CCCO1.[K+].[OH-]. The van der Waals surface area contributed by atoms with Gasteiger partial charge in [0.25, 0.3) is 0 Å². The number of rotatable bonds is 15. The summed E-state index contributed by atoms with van der Waals surface area (Å²) in [7, 11) is 0. The molecule has 5 heterocycles. The van der Waals surface area contributed by atoms with Gasteiger partial charge in [-0.1, -0.05) is 137 Å². The van der Waals surface area contributed by atoms with Crippen molar-refractivity contribution in [1.29, 1.82) is 0 Å². The number of carbonyl (C=O) groups excluding carboxylic acids is 4. The van der Waals surface area contributed by atoms with E-state index < -0.39 is 6.29 Å². The first-order valence-electron chi connectivity index (χ1n) is 25.8. The van der Waals surface area contributed by atoms with Gasteiger partial charge in [0.2, 0.25) is 0 Å². The average molecular weight is 1040 g/mol. The molecule has 2 N–H and O–H groups in total. The van der Waals surface area contributed by atoms with Crippen LogP contribution in [0.2, 0.25) is 0 Å². The van der Waals surface area contributed by atoms with Gasteiger partial charge in [-0.2, -0.15) is 19.2 Å². The molecule has 0 spiro atoms. The van der Waals surface area contributed by atoms with Crippen LogP contribution in [0.4, 0.5) is 0 Å². The van der Waals surface area contributed by atoms with Gasteiger partial charge in [0.15, 0.2) is 17.9 Å². The van der Waals surface area contributed by atoms with Gasteiger partial charge in [0.1, 0.15) is 11.4 Å². The van der Waals surface area contributed by atoms with Crippen molar-refractivity contribution in [2.75, 3.05) is 6.61 Å². The van der Waals surface area contributed by atoms with Crippen LogP contribution in [0.15, 0.2) is 79.3 Å². The van der Waals surface area contributed by atoms with Crippen LogP contribution in [0.5, 0.6) is 0 Å². The van der Waals surface area contributed by atoms with Gasteiger partial charge in [-0.25, -0.2) is 19.9 Å². The van der Waals surface area contributed by atoms with Gasteiger partial charge >= 0.3 is 63.7 Å². The van der Waals surface area contributed by atoms with Gasteiger partial charge in [-0.3, -0.25) is 9.13 Å². The number of hydrogen-bond acceptors (Lipinski definition) is 11. The smallest absolute Gasteiger partial charge is 0.870 e. The number of aromatic nitrogens is 6. The summed E-state index contributed by atoms with van der Waals surface area (Å²) in [5, 5.41) is 8.51. The van der Waals surface area contributed by atoms with Gasteiger partial charge < -0.3 is 15.3 Å². The Bertz CT molecular complexity index is 2600. The molecule has 1 fully saturated rings. The fourth-order valence-electron chi connectivity index (χ4n) is 8.79. The minimum absolute atomic E-state index is 0. The Kier molecular flexibility index (Phi) is 31.1. The molecule has 1 saturated heterocycles. The number of aryl methyl sites for hydroxylation is 7. The molecule has 0 bridgehead atoms. The summed E-state index contributed by atoms with van der Waals surface area (Å²) in [5.74, 6) is 1.84. The molecule has 0 radical (unpaired) electrons. The first kappa shape index (κ1) is 67.5. The number of ether oxygens (including phenoxy) is 1. The standard InChI is InChI=1S/C28H39N3.C26H35N3.C4H8O2.2CO2.K.H2O/c1-8-10-11-12-14-22-17-20(3)26(21(4)18-22)31-19-23(9-2)29-27(31)24-15-13-16-25(30-24)28(5,6)7;1-7-8-9-10-12-21-17-19(2)24(20(3)18-21)29-16-15-27-25(29)22-13-11-14-23(28-22)26(4,5)6;5-4-2-1-3-6-4;2*2-1-3;;/h13,15-19H,8-12,14H2,1-7H3;11,13-18H,7-10,12H2,1-6H3;4-5H,1-3H2;;;;1H2/q;;;;;+1;/p-1. The predicted molar refractivity (Wildman–Crippen MR) is 288 cm³/mol. The van der Waals surface area contributed by atoms with Crippen LogP contribution in [0.3, 0.4) is 0 Å². The Balaban J connectivity index is 0.000000592. The van der Waals surface area contributed by atoms with Gasteiger partial charge in [0, 0.05) is 53.8 Å². The molecule has 13 nitrogen and oxygen atoms in total. The molecule has 0 amide bonds. The Hall–Kier alpha value is -4.56. The van der Waals surface area contributed by atoms with Crippen LogP contribution < -0.4 is 51.4 Å². The molecule has 6 aromatic rings. The van der Waals surface area contributed by atoms with Crippen molar-refractivity contribution >= 4 is 12.3 Å². The van der Waals surface area contributed by atoms with Crippen molar-refractivity contribution in [2.24, 2.45) is 0 Å². The van der Waals surface area contributed by atoms with Crippen LogP contribution in [-0.2, 0) is 54.0 Å². The van der Waals surface area contributed by atoms with Gasteiger partial charge in [-0.05, 0) is 124 Å². The fourth-order valence-corrected chi connectivity index (χ4v) is 8.79. The molecule has 2 aromatic carbocycles. The zero-order chi connectivity index (χ0) is 53.4. The molecular formula is C60H83KN6O7. The summed E-state index contributed by atoms with van der Waals surface area (Å²) in [6.07, 6.45) is 21.6. The number of hydrogen-bond donors (Lipinski definition) is 1. The number of imidazole rings is 2. The van der Waals surface area contributed by atoms with Crippen molar-refractivity contribution in [3.63, 3.8) is 0 Å². The Labute approximate surface area is 484 Å². The van der Waals surface area contributed by atoms with Crippen molar-refractivity contribution < 1.29 is 85.9 Å². The maximum Gasteiger partial charge on any atom is 1.00 e. The van der Waals surface area contributed by atoms with Crippen LogP contribution in [0.1, 0.15) is 177 Å². The van der Waals surface area contributed by atoms with E-state index in [1.54, 1.807) is 0 Å². The van der Waals surface area contributed by atoms with Crippen molar-refractivity contribution in [2.45, 2.75) is 191 Å². The number of nitrogens with zero attached hydrogens (tertiary/aromatic N) is 6. The van der Waals surface area contributed by atoms with Crippen molar-refractivity contribution in [3.05, 3.63) is 130 Å². The van der Waals surface area contributed by atoms with Crippen LogP contribution in [0.25, 0.3) is 34.4 Å². The molecule has 1 atom stereocenters. The number of aliphatic hydroxyl groups is 1. The van der Waals surface area contributed by atoms with Crippen LogP contribution >= 0.6 is 0 Å². The molecule has 14 heteroatoms. The van der Waals surface area contributed by atoms with Crippen molar-refractivity contribution in [3.8, 4) is 34.4 Å². The summed E-state index contributed by atoms with van der Waals surface area (Å²) in [6.45, 7) is 29.5. The molecular weight excluding hydrogens is 956 g/mol. The topological polar surface area (TPSA) is 189 Å². The second kappa shape index (κ2) is 34.2. The molecule has 74 heavy (non-hydrogen) atoms. The maximum absolute atomic E-state index is 8.51. The van der Waals surface area contributed by atoms with Crippen molar-refractivity contribution in [1.82, 2.24) is 29.1 Å². The molecule has 0 saturated carbocycles. The zero-order valence-corrected chi connectivity index (χ0v) is 50.2. The normalized spacial score (nSPS) is 12.6. The quantitative estimate of drug-likeness (QED) is 0.0761.